The van der Waals surface area contributed by atoms with Gasteiger partial charge in [-0.15, -0.1) is 0 Å². The number of nitrogens with one attached hydrogen (secondary N) is 1. The van der Waals surface area contributed by atoms with Crippen molar-refractivity contribution in [1.29, 1.82) is 0 Å². The van der Waals surface area contributed by atoms with Crippen LogP contribution in [0.15, 0.2) is 23.9 Å². The van der Waals surface area contributed by atoms with E-state index in [0.717, 1.165) is 11.8 Å². The summed E-state index contributed by atoms with van der Waals surface area (Å²) in [6.07, 6.45) is 2.38. The molecule has 0 atom stereocenters. The number of hydrogen-bond acceptors (Lipinski definition) is 5. The fourth-order valence-electron chi connectivity index (χ4n) is 1.07. The fourth-order valence-corrected chi connectivity index (χ4v) is 1.78. The van der Waals surface area contributed by atoms with Crippen molar-refractivity contribution in [2.75, 3.05) is 17.7 Å². The average Bonchev–Trinajstić information content (AvgIpc) is 2.64. The van der Waals surface area contributed by atoms with Crippen LogP contribution in [0.25, 0.3) is 0 Å². The van der Waals surface area contributed by atoms with E-state index >= 15 is 0 Å². The number of thioether (sulfide) groups is 1. The van der Waals surface area contributed by atoms with Gasteiger partial charge in [-0.1, -0.05) is 24.4 Å². The lowest BCUT2D eigenvalue weighted by Crippen LogP contribution is -2.13. The Balaban J connectivity index is 2.66. The van der Waals surface area contributed by atoms with Crippen molar-refractivity contribution in [2.24, 2.45) is 7.05 Å². The molecule has 7 nitrogen and oxygen atoms in total. The Kier molecular flexibility index (Phi) is 5.25. The molecule has 2 N–H and O–H groups in total. The largest absolute Gasteiger partial charge is 0.481 e. The van der Waals surface area contributed by atoms with E-state index in [-0.39, 0.29) is 12.4 Å². The number of aryl methyl sites for hydroxylation is 1. The maximum atomic E-state index is 11.3. The molecule has 0 unspecified atom stereocenters. The third-order valence-electron chi connectivity index (χ3n) is 1.70. The first-order valence-corrected chi connectivity index (χ1v) is 5.94. The number of amides is 1. The fraction of sp³-hybridized carbons (Fsp3) is 0.300. The van der Waals surface area contributed by atoms with E-state index in [1.165, 1.54) is 10.8 Å². The van der Waals surface area contributed by atoms with Crippen molar-refractivity contribution in [3.8, 4) is 0 Å². The standard InChI is InChI=1S/C10H13N3O4S/c1-3-4-17-10(16)11-7-5-13(2)12-9(7)18-6-8(14)15/h3,5H,1,4,6H2,2H3,(H,11,16)(H,14,15). The number of carboxylic acids is 1. The number of aromatic nitrogens is 2. The number of carboxylic acid groups (broad SMARTS) is 1. The van der Waals surface area contributed by atoms with Crippen molar-refractivity contribution in [2.45, 2.75) is 5.03 Å². The van der Waals surface area contributed by atoms with Gasteiger partial charge in [0, 0.05) is 13.2 Å². The third-order valence-corrected chi connectivity index (χ3v) is 2.66. The van der Waals surface area contributed by atoms with Crippen LogP contribution in [0, 0.1) is 0 Å². The summed E-state index contributed by atoms with van der Waals surface area (Å²) >= 11 is 1.02. The second-order valence-corrected chi connectivity index (χ2v) is 4.18. The second kappa shape index (κ2) is 6.70. The minimum atomic E-state index is -0.953. The van der Waals surface area contributed by atoms with E-state index < -0.39 is 12.1 Å². The number of nitrogens with zero attached hydrogens (tertiary/aromatic N) is 2. The number of ether oxygens (including phenoxy) is 1. The lowest BCUT2D eigenvalue weighted by Gasteiger charge is -2.04. The number of hydrogen-bond donors (Lipinski definition) is 2. The van der Waals surface area contributed by atoms with Gasteiger partial charge in [-0.2, -0.15) is 5.10 Å². The highest BCUT2D eigenvalue weighted by Gasteiger charge is 2.13. The van der Waals surface area contributed by atoms with Gasteiger partial charge in [0.05, 0.1) is 11.4 Å². The molecule has 1 aromatic heterocycles. The van der Waals surface area contributed by atoms with E-state index in [0.29, 0.717) is 10.7 Å². The summed E-state index contributed by atoms with van der Waals surface area (Å²) in [6, 6.07) is 0. The average molecular weight is 271 g/mol. The molecule has 18 heavy (non-hydrogen) atoms. The van der Waals surface area contributed by atoms with Gasteiger partial charge < -0.3 is 9.84 Å². The first-order chi connectivity index (χ1) is 8.52. The van der Waals surface area contributed by atoms with Crippen LogP contribution in [0.1, 0.15) is 0 Å². The lowest BCUT2D eigenvalue weighted by molar-refractivity contribution is -0.133. The molecule has 0 spiro atoms. The van der Waals surface area contributed by atoms with Gasteiger partial charge in [0.2, 0.25) is 0 Å². The van der Waals surface area contributed by atoms with E-state index in [9.17, 15) is 9.59 Å². The van der Waals surface area contributed by atoms with Crippen LogP contribution in [0.5, 0.6) is 0 Å². The molecule has 0 fully saturated rings. The smallest absolute Gasteiger partial charge is 0.412 e. The monoisotopic (exact) mass is 271 g/mol. The SMILES string of the molecule is C=CCOC(=O)Nc1cn(C)nc1SCC(=O)O. The van der Waals surface area contributed by atoms with Crippen molar-refractivity contribution in [1.82, 2.24) is 9.78 Å². The van der Waals surface area contributed by atoms with Crippen LogP contribution in [0.4, 0.5) is 10.5 Å². The van der Waals surface area contributed by atoms with Gasteiger partial charge in [-0.3, -0.25) is 14.8 Å². The summed E-state index contributed by atoms with van der Waals surface area (Å²) in [5.74, 6) is -1.08. The summed E-state index contributed by atoms with van der Waals surface area (Å²) in [7, 11) is 1.67. The zero-order valence-electron chi connectivity index (χ0n) is 9.75. The molecule has 0 aliphatic heterocycles. The minimum Gasteiger partial charge on any atom is -0.481 e. The molecular formula is C10H13N3O4S. The first-order valence-electron chi connectivity index (χ1n) is 4.96. The first kappa shape index (κ1) is 14.1. The lowest BCUT2D eigenvalue weighted by atomic mass is 10.6. The molecule has 0 aliphatic rings. The van der Waals surface area contributed by atoms with Crippen LogP contribution in [-0.2, 0) is 16.6 Å². The molecule has 0 saturated heterocycles. The van der Waals surface area contributed by atoms with Gasteiger partial charge in [0.15, 0.2) is 0 Å². The Morgan fingerprint density at radius 1 is 1.72 bits per heavy atom. The quantitative estimate of drug-likeness (QED) is 0.599. The van der Waals surface area contributed by atoms with E-state index in [1.807, 2.05) is 0 Å². The highest BCUT2D eigenvalue weighted by atomic mass is 32.2. The molecule has 0 radical (unpaired) electrons. The summed E-state index contributed by atoms with van der Waals surface area (Å²) in [5.41, 5.74) is 0.415. The Morgan fingerprint density at radius 2 is 2.44 bits per heavy atom. The molecule has 0 aromatic carbocycles. The zero-order valence-corrected chi connectivity index (χ0v) is 10.6. The van der Waals surface area contributed by atoms with Gasteiger partial charge in [-0.25, -0.2) is 4.79 Å². The van der Waals surface area contributed by atoms with Crippen LogP contribution < -0.4 is 5.32 Å². The number of aliphatic carboxylic acids is 1. The Morgan fingerprint density at radius 3 is 3.06 bits per heavy atom. The predicted molar refractivity (Wildman–Crippen MR) is 66.7 cm³/mol. The van der Waals surface area contributed by atoms with Crippen molar-refractivity contribution in [3.63, 3.8) is 0 Å². The maximum Gasteiger partial charge on any atom is 0.412 e. The van der Waals surface area contributed by atoms with Crippen LogP contribution in [0.3, 0.4) is 0 Å². The highest BCUT2D eigenvalue weighted by Crippen LogP contribution is 2.25. The Bertz CT molecular complexity index is 458. The molecule has 1 aromatic rings. The Hall–Kier alpha value is -1.96. The molecule has 8 heteroatoms. The molecule has 0 aliphatic carbocycles. The molecular weight excluding hydrogens is 258 g/mol. The van der Waals surface area contributed by atoms with Crippen molar-refractivity contribution in [3.05, 3.63) is 18.9 Å². The third kappa shape index (κ3) is 4.50. The van der Waals surface area contributed by atoms with E-state index in [4.69, 9.17) is 9.84 Å². The highest BCUT2D eigenvalue weighted by molar-refractivity contribution is 8.00. The molecule has 1 amide bonds. The maximum absolute atomic E-state index is 11.3. The molecule has 0 saturated carbocycles. The van der Waals surface area contributed by atoms with Crippen molar-refractivity contribution >= 4 is 29.5 Å². The van der Waals surface area contributed by atoms with Crippen LogP contribution in [0.2, 0.25) is 0 Å². The van der Waals surface area contributed by atoms with Gasteiger partial charge in [0.1, 0.15) is 11.6 Å². The number of carbonyl (C=O) groups is 2. The van der Waals surface area contributed by atoms with Gasteiger partial charge in [0.25, 0.3) is 0 Å². The van der Waals surface area contributed by atoms with Crippen LogP contribution in [-0.4, -0.2) is 39.3 Å². The number of anilines is 1. The summed E-state index contributed by atoms with van der Waals surface area (Å²) in [5, 5.41) is 15.5. The predicted octanol–water partition coefficient (Wildman–Crippen LogP) is 1.33. The zero-order chi connectivity index (χ0) is 13.5. The summed E-state index contributed by atoms with van der Waals surface area (Å²) < 4.78 is 6.23. The van der Waals surface area contributed by atoms with Gasteiger partial charge >= 0.3 is 12.1 Å². The topological polar surface area (TPSA) is 93.5 Å². The molecule has 1 rings (SSSR count). The minimum absolute atomic E-state index is 0.101. The molecule has 0 bridgehead atoms. The molecule has 98 valence electrons. The van der Waals surface area contributed by atoms with E-state index in [1.54, 1.807) is 13.2 Å². The second-order valence-electron chi connectivity index (χ2n) is 3.22. The normalized spacial score (nSPS) is 9.83. The number of rotatable bonds is 6. The Labute approximate surface area is 108 Å². The number of carbonyl (C=O) groups excluding carboxylic acids is 1. The molecule has 1 heterocycles. The summed E-state index contributed by atoms with van der Waals surface area (Å²) in [4.78, 5) is 21.8. The van der Waals surface area contributed by atoms with Gasteiger partial charge in [-0.05, 0) is 0 Å². The van der Waals surface area contributed by atoms with Crippen LogP contribution >= 0.6 is 11.8 Å². The van der Waals surface area contributed by atoms with E-state index in [2.05, 4.69) is 17.0 Å². The summed E-state index contributed by atoms with van der Waals surface area (Å²) in [6.45, 7) is 3.52. The van der Waals surface area contributed by atoms with Crippen molar-refractivity contribution < 1.29 is 19.4 Å².